The van der Waals surface area contributed by atoms with Gasteiger partial charge in [-0.1, -0.05) is 0 Å². The minimum atomic E-state index is -0.448. The predicted octanol–water partition coefficient (Wildman–Crippen LogP) is 1.70. The first-order valence-corrected chi connectivity index (χ1v) is 7.12. The average molecular weight is 272 g/mol. The van der Waals surface area contributed by atoms with Gasteiger partial charge in [-0.05, 0) is 47.1 Å². The molecule has 1 aliphatic heterocycles. The molecule has 19 heavy (non-hydrogen) atoms. The van der Waals surface area contributed by atoms with Crippen molar-refractivity contribution in [2.45, 2.75) is 51.7 Å². The van der Waals surface area contributed by atoms with Crippen molar-refractivity contribution >= 4 is 6.09 Å². The predicted molar refractivity (Wildman–Crippen MR) is 75.2 cm³/mol. The molecular weight excluding hydrogens is 244 g/mol. The highest BCUT2D eigenvalue weighted by atomic mass is 16.6. The molecule has 1 rings (SSSR count). The van der Waals surface area contributed by atoms with Gasteiger partial charge >= 0.3 is 6.09 Å². The van der Waals surface area contributed by atoms with Gasteiger partial charge in [-0.2, -0.15) is 0 Å². The lowest BCUT2D eigenvalue weighted by Crippen LogP contribution is -2.50. The van der Waals surface area contributed by atoms with Crippen LogP contribution in [0.15, 0.2) is 0 Å². The van der Waals surface area contributed by atoms with Crippen LogP contribution in [0.2, 0.25) is 0 Å². The van der Waals surface area contributed by atoms with Crippen LogP contribution in [0.1, 0.15) is 40.0 Å². The Bertz CT molecular complexity index is 289. The third kappa shape index (κ3) is 5.78. The first kappa shape index (κ1) is 16.2. The van der Waals surface area contributed by atoms with Crippen molar-refractivity contribution in [1.82, 2.24) is 9.80 Å². The first-order chi connectivity index (χ1) is 8.83. The Morgan fingerprint density at radius 1 is 1.42 bits per heavy atom. The second-order valence-electron chi connectivity index (χ2n) is 6.31. The fraction of sp³-hybridized carbons (Fsp3) is 0.929. The molecule has 0 aromatic rings. The molecule has 0 bridgehead atoms. The van der Waals surface area contributed by atoms with Gasteiger partial charge in [-0.25, -0.2) is 4.79 Å². The molecule has 1 heterocycles. The zero-order chi connectivity index (χ0) is 14.5. The Hall–Kier alpha value is -0.810. The number of aliphatic hydroxyl groups excluding tert-OH is 1. The molecule has 0 saturated carbocycles. The van der Waals surface area contributed by atoms with Crippen LogP contribution in [0, 0.1) is 0 Å². The molecule has 5 heteroatoms. The van der Waals surface area contributed by atoms with Crippen LogP contribution < -0.4 is 0 Å². The van der Waals surface area contributed by atoms with Gasteiger partial charge in [0.05, 0.1) is 6.61 Å². The minimum absolute atomic E-state index is 0.148. The van der Waals surface area contributed by atoms with E-state index in [0.717, 1.165) is 32.4 Å². The normalized spacial score (nSPS) is 20.7. The van der Waals surface area contributed by atoms with Crippen molar-refractivity contribution in [2.24, 2.45) is 0 Å². The van der Waals surface area contributed by atoms with Crippen LogP contribution in [-0.4, -0.2) is 65.9 Å². The smallest absolute Gasteiger partial charge is 0.410 e. The molecule has 1 fully saturated rings. The monoisotopic (exact) mass is 272 g/mol. The van der Waals surface area contributed by atoms with Gasteiger partial charge in [0.2, 0.25) is 0 Å². The minimum Gasteiger partial charge on any atom is -0.444 e. The van der Waals surface area contributed by atoms with Crippen molar-refractivity contribution in [2.75, 3.05) is 33.3 Å². The maximum absolute atomic E-state index is 12.2. The van der Waals surface area contributed by atoms with E-state index in [1.165, 1.54) is 0 Å². The van der Waals surface area contributed by atoms with Crippen LogP contribution in [0.25, 0.3) is 0 Å². The van der Waals surface area contributed by atoms with E-state index in [4.69, 9.17) is 9.84 Å². The topological polar surface area (TPSA) is 53.0 Å². The second-order valence-corrected chi connectivity index (χ2v) is 6.31. The number of carbonyl (C=O) groups is 1. The summed E-state index contributed by atoms with van der Waals surface area (Å²) >= 11 is 0. The average Bonchev–Trinajstić information content (AvgIpc) is 2.27. The largest absolute Gasteiger partial charge is 0.444 e. The Morgan fingerprint density at radius 2 is 2.11 bits per heavy atom. The van der Waals surface area contributed by atoms with Gasteiger partial charge in [0.15, 0.2) is 0 Å². The molecule has 0 radical (unpaired) electrons. The maximum Gasteiger partial charge on any atom is 0.410 e. The molecule has 5 nitrogen and oxygen atoms in total. The lowest BCUT2D eigenvalue weighted by molar-refractivity contribution is 0.00571. The molecular formula is C14H28N2O3. The Kier molecular flexibility index (Phi) is 6.07. The summed E-state index contributed by atoms with van der Waals surface area (Å²) < 4.78 is 5.47. The molecule has 1 amide bonds. The number of piperidine rings is 1. The van der Waals surface area contributed by atoms with Crippen LogP contribution in [-0.2, 0) is 4.74 Å². The van der Waals surface area contributed by atoms with E-state index in [-0.39, 0.29) is 18.7 Å². The summed E-state index contributed by atoms with van der Waals surface area (Å²) in [5.74, 6) is 0. The molecule has 0 spiro atoms. The molecule has 0 aromatic heterocycles. The number of hydrogen-bond donors (Lipinski definition) is 1. The van der Waals surface area contributed by atoms with Crippen LogP contribution >= 0.6 is 0 Å². The number of hydrogen-bond acceptors (Lipinski definition) is 4. The van der Waals surface area contributed by atoms with Gasteiger partial charge < -0.3 is 19.6 Å². The van der Waals surface area contributed by atoms with Gasteiger partial charge in [0, 0.05) is 25.7 Å². The molecule has 1 aliphatic rings. The number of rotatable bonds is 4. The van der Waals surface area contributed by atoms with Crippen LogP contribution in [0.3, 0.4) is 0 Å². The lowest BCUT2D eigenvalue weighted by atomic mass is 10.0. The molecule has 0 unspecified atom stereocenters. The third-order valence-electron chi connectivity index (χ3n) is 3.26. The van der Waals surface area contributed by atoms with Crippen LogP contribution in [0.4, 0.5) is 4.79 Å². The third-order valence-corrected chi connectivity index (χ3v) is 3.26. The number of nitrogens with zero attached hydrogens (tertiary/aromatic N) is 2. The second kappa shape index (κ2) is 7.10. The summed E-state index contributed by atoms with van der Waals surface area (Å²) in [4.78, 5) is 16.1. The summed E-state index contributed by atoms with van der Waals surface area (Å²) in [6.07, 6.45) is 2.99. The maximum atomic E-state index is 12.2. The van der Waals surface area contributed by atoms with Gasteiger partial charge in [-0.3, -0.25) is 0 Å². The summed E-state index contributed by atoms with van der Waals surface area (Å²) in [6.45, 7) is 8.02. The number of likely N-dealkylation sites (N-methyl/N-ethyl adjacent to an activating group) is 1. The Morgan fingerprint density at radius 3 is 2.68 bits per heavy atom. The fourth-order valence-corrected chi connectivity index (χ4v) is 2.37. The van der Waals surface area contributed by atoms with Crippen molar-refractivity contribution in [3.63, 3.8) is 0 Å². The van der Waals surface area contributed by atoms with Gasteiger partial charge in [-0.15, -0.1) is 0 Å². The molecule has 1 saturated heterocycles. The van der Waals surface area contributed by atoms with Crippen molar-refractivity contribution < 1.29 is 14.6 Å². The number of aliphatic hydroxyl groups is 1. The summed E-state index contributed by atoms with van der Waals surface area (Å²) in [5, 5.41) is 8.95. The van der Waals surface area contributed by atoms with Gasteiger partial charge in [0.25, 0.3) is 0 Å². The number of amides is 1. The van der Waals surface area contributed by atoms with Crippen LogP contribution in [0.5, 0.6) is 0 Å². The molecule has 1 N–H and O–H groups in total. The molecule has 0 aromatic carbocycles. The van der Waals surface area contributed by atoms with E-state index < -0.39 is 5.60 Å². The first-order valence-electron chi connectivity index (χ1n) is 7.12. The van der Waals surface area contributed by atoms with E-state index in [2.05, 4.69) is 4.90 Å². The number of ether oxygens (including phenoxy) is 1. The summed E-state index contributed by atoms with van der Waals surface area (Å²) in [7, 11) is 1.97. The highest BCUT2D eigenvalue weighted by molar-refractivity contribution is 5.68. The number of likely N-dealkylation sites (tertiary alicyclic amines) is 1. The van der Waals surface area contributed by atoms with E-state index in [0.29, 0.717) is 6.54 Å². The zero-order valence-corrected chi connectivity index (χ0v) is 12.7. The highest BCUT2D eigenvalue weighted by Crippen LogP contribution is 2.20. The molecule has 1 atom stereocenters. The number of carbonyl (C=O) groups excluding carboxylic acids is 1. The molecule has 112 valence electrons. The van der Waals surface area contributed by atoms with Crippen molar-refractivity contribution in [1.29, 1.82) is 0 Å². The van der Waals surface area contributed by atoms with Gasteiger partial charge in [0.1, 0.15) is 5.60 Å². The zero-order valence-electron chi connectivity index (χ0n) is 12.7. The quantitative estimate of drug-likeness (QED) is 0.846. The summed E-state index contributed by atoms with van der Waals surface area (Å²) in [6, 6.07) is 0.195. The van der Waals surface area contributed by atoms with Crippen molar-refractivity contribution in [3.05, 3.63) is 0 Å². The SMILES string of the molecule is CN(CCO)C[C@@H]1CCCCN1C(=O)OC(C)(C)C. The van der Waals surface area contributed by atoms with E-state index in [1.54, 1.807) is 0 Å². The summed E-state index contributed by atoms with van der Waals surface area (Å²) in [5.41, 5.74) is -0.448. The van der Waals surface area contributed by atoms with E-state index in [9.17, 15) is 4.79 Å². The standard InChI is InChI=1S/C14H28N2O3/c1-14(2,3)19-13(18)16-8-6-5-7-12(16)11-15(4)9-10-17/h12,17H,5-11H2,1-4H3/t12-/m0/s1. The lowest BCUT2D eigenvalue weighted by Gasteiger charge is -2.38. The Balaban J connectivity index is 2.59. The Labute approximate surface area is 116 Å². The van der Waals surface area contributed by atoms with Crippen molar-refractivity contribution in [3.8, 4) is 0 Å². The van der Waals surface area contributed by atoms with E-state index in [1.807, 2.05) is 32.7 Å². The molecule has 0 aliphatic carbocycles. The fourth-order valence-electron chi connectivity index (χ4n) is 2.37. The van der Waals surface area contributed by atoms with E-state index >= 15 is 0 Å². The highest BCUT2D eigenvalue weighted by Gasteiger charge is 2.30.